The fraction of sp³-hybridized carbons (Fsp3) is 0.778. The zero-order chi connectivity index (χ0) is 73.2. The van der Waals surface area contributed by atoms with Gasteiger partial charge in [-0.25, -0.2) is 9.13 Å². The van der Waals surface area contributed by atoms with E-state index in [1.165, 1.54) is 141 Å². The number of unbranched alkanes of at least 4 members (excludes halogenated alkanes) is 36. The van der Waals surface area contributed by atoms with Gasteiger partial charge in [0.25, 0.3) is 0 Å². The van der Waals surface area contributed by atoms with Crippen LogP contribution in [0.4, 0.5) is 0 Å². The molecule has 0 aliphatic rings. The van der Waals surface area contributed by atoms with Crippen molar-refractivity contribution in [2.75, 3.05) is 39.6 Å². The van der Waals surface area contributed by atoms with Crippen LogP contribution in [0.5, 0.6) is 0 Å². The van der Waals surface area contributed by atoms with Crippen molar-refractivity contribution in [3.63, 3.8) is 0 Å². The molecule has 3 N–H and O–H groups in total. The van der Waals surface area contributed by atoms with Crippen LogP contribution in [0.25, 0.3) is 0 Å². The molecule has 0 aliphatic carbocycles. The van der Waals surface area contributed by atoms with Crippen molar-refractivity contribution in [3.05, 3.63) is 85.1 Å². The van der Waals surface area contributed by atoms with Crippen LogP contribution < -0.4 is 0 Å². The number of hydrogen-bond acceptors (Lipinski definition) is 15. The first-order valence-electron chi connectivity index (χ1n) is 39.8. The summed E-state index contributed by atoms with van der Waals surface area (Å²) in [5.74, 6) is -2.24. The van der Waals surface area contributed by atoms with Gasteiger partial charge in [0.2, 0.25) is 0 Å². The van der Waals surface area contributed by atoms with Crippen LogP contribution in [0.3, 0.4) is 0 Å². The molecule has 0 aromatic heterocycles. The van der Waals surface area contributed by atoms with Gasteiger partial charge in [-0.05, 0) is 116 Å². The number of ether oxygens (including phenoxy) is 4. The third-order valence-electron chi connectivity index (χ3n) is 16.9. The summed E-state index contributed by atoms with van der Waals surface area (Å²) in [5, 5.41) is 10.6. The summed E-state index contributed by atoms with van der Waals surface area (Å²) in [5.41, 5.74) is 0. The van der Waals surface area contributed by atoms with E-state index in [0.29, 0.717) is 32.1 Å². The molecule has 2 unspecified atom stereocenters. The van der Waals surface area contributed by atoms with Crippen molar-refractivity contribution in [1.82, 2.24) is 0 Å². The Balaban J connectivity index is 5.40. The van der Waals surface area contributed by atoms with Crippen LogP contribution in [0.1, 0.15) is 349 Å². The molecular weight excluding hydrogens is 1310 g/mol. The summed E-state index contributed by atoms with van der Waals surface area (Å²) in [6.07, 6.45) is 75.7. The SMILES string of the molecule is CCCCC/C=C\C/C=C\C/C=C\C/C=C\CCCC(=O)O[C@H](COC(=O)CCCCCCCCCCCCCCC)COP(=O)(O)OC[C@H](O)COP(=O)(O)OC[C@@H](COC(=O)CCCCCCC/C=C\CCCCCCCC)OC(=O)CCCCCCC/C=C\C=C/CCCCCC. The Labute approximate surface area is 608 Å². The Morgan fingerprint density at radius 1 is 0.290 bits per heavy atom. The molecular formula is C81H144O17P2. The first-order valence-corrected chi connectivity index (χ1v) is 42.8. The van der Waals surface area contributed by atoms with Crippen molar-refractivity contribution in [3.8, 4) is 0 Å². The number of aliphatic hydroxyl groups excluding tert-OH is 1. The molecule has 0 bridgehead atoms. The fourth-order valence-corrected chi connectivity index (χ4v) is 12.3. The van der Waals surface area contributed by atoms with Gasteiger partial charge >= 0.3 is 39.5 Å². The zero-order valence-corrected chi connectivity index (χ0v) is 65.2. The normalized spacial score (nSPS) is 14.3. The first kappa shape index (κ1) is 96.2. The molecule has 0 radical (unpaired) electrons. The number of hydrogen-bond donors (Lipinski definition) is 3. The number of esters is 4. The fourth-order valence-electron chi connectivity index (χ4n) is 10.7. The standard InChI is InChI=1S/C81H144O17P2/c1-5-9-13-17-21-25-29-33-36-37-40-44-48-52-56-60-64-68-81(86)98-76(71-91-78(83)65-61-57-53-49-45-41-32-28-24-20-16-12-8-4)73-95-99(87,88)93-69-75(82)70-94-100(89,90)96-74-77(97-80(85)67-63-59-55-51-47-43-39-35-31-27-23-19-15-11-7-3)72-92-79(84)66-62-58-54-50-46-42-38-34-30-26-22-18-14-10-6-2/h21,25,27,31,33-36,38-40,44,52,56,75-77,82H,5-20,22-24,26,28-30,32,37,41-43,45-51,53-55,57-74H2,1-4H3,(H,87,88)(H,89,90)/b25-21-,31-27-,36-33-,38-34-,39-35-,44-40-,56-52-/t75-,76+,77+/m0/s1. The number of allylic oxidation sites excluding steroid dienone is 14. The van der Waals surface area contributed by atoms with E-state index in [0.717, 1.165) is 122 Å². The number of phosphoric ester groups is 2. The Kier molecular flexibility index (Phi) is 70.8. The Morgan fingerprint density at radius 2 is 0.530 bits per heavy atom. The smallest absolute Gasteiger partial charge is 0.462 e. The molecule has 0 amide bonds. The van der Waals surface area contributed by atoms with Crippen molar-refractivity contribution in [2.45, 2.75) is 367 Å². The van der Waals surface area contributed by atoms with Gasteiger partial charge in [0.15, 0.2) is 12.2 Å². The van der Waals surface area contributed by atoms with Crippen molar-refractivity contribution < 1.29 is 80.2 Å². The summed E-state index contributed by atoms with van der Waals surface area (Å²) in [6.45, 7) is 4.78. The molecule has 0 aliphatic heterocycles. The second kappa shape index (κ2) is 73.5. The van der Waals surface area contributed by atoms with Gasteiger partial charge < -0.3 is 33.8 Å². The van der Waals surface area contributed by atoms with Gasteiger partial charge in [-0.15, -0.1) is 0 Å². The third kappa shape index (κ3) is 72.6. The molecule has 0 spiro atoms. The Morgan fingerprint density at radius 3 is 0.890 bits per heavy atom. The minimum Gasteiger partial charge on any atom is -0.462 e. The highest BCUT2D eigenvalue weighted by Gasteiger charge is 2.30. The van der Waals surface area contributed by atoms with Gasteiger partial charge in [-0.3, -0.25) is 37.3 Å². The maximum absolute atomic E-state index is 13.1. The average Bonchev–Trinajstić information content (AvgIpc) is 1.13. The predicted octanol–water partition coefficient (Wildman–Crippen LogP) is 23.0. The van der Waals surface area contributed by atoms with Crippen LogP contribution in [-0.4, -0.2) is 96.7 Å². The summed E-state index contributed by atoms with van der Waals surface area (Å²) in [6, 6.07) is 0. The van der Waals surface area contributed by atoms with Gasteiger partial charge in [-0.2, -0.15) is 0 Å². The van der Waals surface area contributed by atoms with E-state index in [2.05, 4.69) is 101 Å². The van der Waals surface area contributed by atoms with Crippen LogP contribution in [-0.2, 0) is 65.4 Å². The average molecular weight is 1450 g/mol. The minimum absolute atomic E-state index is 0.0216. The lowest BCUT2D eigenvalue weighted by Crippen LogP contribution is -2.30. The molecule has 0 rings (SSSR count). The second-order valence-electron chi connectivity index (χ2n) is 26.7. The highest BCUT2D eigenvalue weighted by molar-refractivity contribution is 7.47. The molecule has 0 saturated heterocycles. The van der Waals surface area contributed by atoms with Crippen LogP contribution in [0.2, 0.25) is 0 Å². The minimum atomic E-state index is -4.99. The molecule has 580 valence electrons. The molecule has 17 nitrogen and oxygen atoms in total. The van der Waals surface area contributed by atoms with Gasteiger partial charge in [-0.1, -0.05) is 293 Å². The zero-order valence-electron chi connectivity index (χ0n) is 63.4. The third-order valence-corrected chi connectivity index (χ3v) is 18.8. The maximum Gasteiger partial charge on any atom is 0.472 e. The summed E-state index contributed by atoms with van der Waals surface area (Å²) in [4.78, 5) is 72.9. The highest BCUT2D eigenvalue weighted by Crippen LogP contribution is 2.45. The van der Waals surface area contributed by atoms with E-state index in [9.17, 15) is 43.2 Å². The lowest BCUT2D eigenvalue weighted by molar-refractivity contribution is -0.161. The van der Waals surface area contributed by atoms with Crippen molar-refractivity contribution in [1.29, 1.82) is 0 Å². The first-order chi connectivity index (χ1) is 48.7. The topological polar surface area (TPSA) is 237 Å². The van der Waals surface area contributed by atoms with Crippen LogP contribution in [0, 0.1) is 0 Å². The molecule has 19 heteroatoms. The van der Waals surface area contributed by atoms with E-state index in [-0.39, 0.29) is 25.7 Å². The maximum atomic E-state index is 13.1. The lowest BCUT2D eigenvalue weighted by Gasteiger charge is -2.21. The van der Waals surface area contributed by atoms with Gasteiger partial charge in [0.1, 0.15) is 19.3 Å². The van der Waals surface area contributed by atoms with Crippen molar-refractivity contribution in [2.24, 2.45) is 0 Å². The van der Waals surface area contributed by atoms with E-state index in [1.54, 1.807) is 0 Å². The lowest BCUT2D eigenvalue weighted by atomic mass is 10.0. The van der Waals surface area contributed by atoms with Crippen LogP contribution >= 0.6 is 15.6 Å². The summed E-state index contributed by atoms with van der Waals surface area (Å²) in [7, 11) is -9.97. The Hall–Kier alpha value is -3.76. The molecule has 0 aromatic rings. The van der Waals surface area contributed by atoms with Gasteiger partial charge in [0, 0.05) is 25.7 Å². The number of carbonyl (C=O) groups is 4. The van der Waals surface area contributed by atoms with Gasteiger partial charge in [0.05, 0.1) is 26.4 Å². The predicted molar refractivity (Wildman–Crippen MR) is 409 cm³/mol. The summed E-state index contributed by atoms with van der Waals surface area (Å²) < 4.78 is 68.5. The molecule has 100 heavy (non-hydrogen) atoms. The number of rotatable bonds is 75. The Bertz CT molecular complexity index is 2230. The molecule has 0 fully saturated rings. The number of phosphoric acid groups is 2. The molecule has 0 saturated carbocycles. The molecule has 5 atom stereocenters. The van der Waals surface area contributed by atoms with Crippen molar-refractivity contribution >= 4 is 39.5 Å². The summed E-state index contributed by atoms with van der Waals surface area (Å²) >= 11 is 0. The molecule has 0 aromatic carbocycles. The van der Waals surface area contributed by atoms with E-state index in [1.807, 2.05) is 12.2 Å². The largest absolute Gasteiger partial charge is 0.472 e. The van der Waals surface area contributed by atoms with Crippen LogP contribution in [0.15, 0.2) is 85.1 Å². The van der Waals surface area contributed by atoms with E-state index >= 15 is 0 Å². The van der Waals surface area contributed by atoms with E-state index < -0.39 is 97.5 Å². The molecule has 0 heterocycles. The number of carbonyl (C=O) groups excluding carboxylic acids is 4. The highest BCUT2D eigenvalue weighted by atomic mass is 31.2. The number of aliphatic hydroxyl groups is 1. The quantitative estimate of drug-likeness (QED) is 0.0128. The monoisotopic (exact) mass is 1450 g/mol. The van der Waals surface area contributed by atoms with E-state index in [4.69, 9.17) is 37.0 Å². The second-order valence-corrected chi connectivity index (χ2v) is 29.6.